The molecule has 44 heavy (non-hydrogen) atoms. The van der Waals surface area contributed by atoms with E-state index in [0.29, 0.717) is 23.5 Å². The molecule has 0 spiro atoms. The summed E-state index contributed by atoms with van der Waals surface area (Å²) in [5.74, 6) is -2.89. The van der Waals surface area contributed by atoms with Crippen molar-refractivity contribution in [2.45, 2.75) is 31.1 Å². The minimum absolute atomic E-state index is 0.00853. The van der Waals surface area contributed by atoms with E-state index in [4.69, 9.17) is 4.74 Å². The van der Waals surface area contributed by atoms with E-state index in [1.54, 1.807) is 12.1 Å². The molecule has 6 nitrogen and oxygen atoms in total. The number of piperidine rings is 1. The summed E-state index contributed by atoms with van der Waals surface area (Å²) >= 11 is 0.606. The van der Waals surface area contributed by atoms with E-state index in [1.165, 1.54) is 7.11 Å². The third-order valence-corrected chi connectivity index (χ3v) is 8.42. The first-order valence-electron chi connectivity index (χ1n) is 13.3. The Bertz CT molecular complexity index is 1730. The van der Waals surface area contributed by atoms with Crippen LogP contribution in [0, 0.1) is 5.82 Å². The minimum atomic E-state index is -5.04. The summed E-state index contributed by atoms with van der Waals surface area (Å²) in [6.45, 7) is 1.60. The Morgan fingerprint density at radius 2 is 1.61 bits per heavy atom. The maximum atomic E-state index is 13.8. The van der Waals surface area contributed by atoms with Gasteiger partial charge in [-0.1, -0.05) is 12.1 Å². The van der Waals surface area contributed by atoms with Crippen molar-refractivity contribution in [2.75, 3.05) is 30.8 Å². The Morgan fingerprint density at radius 1 is 0.886 bits per heavy atom. The van der Waals surface area contributed by atoms with E-state index < -0.39 is 46.8 Å². The van der Waals surface area contributed by atoms with Gasteiger partial charge in [-0.3, -0.25) is 9.59 Å². The van der Waals surface area contributed by atoms with Gasteiger partial charge < -0.3 is 20.7 Å². The van der Waals surface area contributed by atoms with Crippen LogP contribution in [0.2, 0.25) is 0 Å². The number of alkyl halides is 6. The van der Waals surface area contributed by atoms with Gasteiger partial charge in [-0.2, -0.15) is 26.3 Å². The van der Waals surface area contributed by atoms with Gasteiger partial charge in [0.1, 0.15) is 16.4 Å². The summed E-state index contributed by atoms with van der Waals surface area (Å²) in [7, 11) is 1.37. The Kier molecular flexibility index (Phi) is 8.58. The number of amides is 2. The molecule has 1 fully saturated rings. The third-order valence-electron chi connectivity index (χ3n) is 7.27. The zero-order chi connectivity index (χ0) is 31.8. The molecular formula is C30H24F7N3O3S. The van der Waals surface area contributed by atoms with Crippen molar-refractivity contribution < 1.29 is 45.1 Å². The summed E-state index contributed by atoms with van der Waals surface area (Å²) in [6, 6.07) is 9.69. The maximum absolute atomic E-state index is 13.8. The number of hydrogen-bond donors (Lipinski definition) is 3. The standard InChI is InChI=1S/C30H24F7N3O3S/c1-43-23-7-2-16(15-8-10-38-11-9-15)12-20(23)27(41)40-25-19-5-3-17(29(32,33)34)13-24(19)44-26(25)28(42)39-18-4-6-22(31)21(14-18)30(35,36)37/h2-7,12-15,38H,8-11H2,1H3,(H,39,42)(H,40,41). The lowest BCUT2D eigenvalue weighted by Crippen LogP contribution is -2.26. The first kappa shape index (κ1) is 31.3. The molecule has 0 atom stereocenters. The molecule has 0 radical (unpaired) electrons. The fourth-order valence-corrected chi connectivity index (χ4v) is 6.15. The number of fused-ring (bicyclic) bond motifs is 1. The molecule has 14 heteroatoms. The lowest BCUT2D eigenvalue weighted by Gasteiger charge is -2.23. The van der Waals surface area contributed by atoms with Crippen molar-refractivity contribution in [2.24, 2.45) is 0 Å². The van der Waals surface area contributed by atoms with Crippen LogP contribution in [0.4, 0.5) is 42.1 Å². The van der Waals surface area contributed by atoms with Crippen LogP contribution in [0.1, 0.15) is 55.5 Å². The van der Waals surface area contributed by atoms with Crippen LogP contribution in [0.3, 0.4) is 0 Å². The molecule has 0 aliphatic carbocycles. The zero-order valence-electron chi connectivity index (χ0n) is 22.9. The summed E-state index contributed by atoms with van der Waals surface area (Å²) in [4.78, 5) is 26.7. The molecule has 232 valence electrons. The van der Waals surface area contributed by atoms with E-state index in [0.717, 1.165) is 55.8 Å². The molecule has 3 aromatic carbocycles. The quantitative estimate of drug-likeness (QED) is 0.187. The van der Waals surface area contributed by atoms with Crippen LogP contribution in [-0.2, 0) is 12.4 Å². The lowest BCUT2D eigenvalue weighted by molar-refractivity contribution is -0.140. The van der Waals surface area contributed by atoms with Gasteiger partial charge in [-0.05, 0) is 79.9 Å². The number of halogens is 7. The van der Waals surface area contributed by atoms with E-state index >= 15 is 0 Å². The first-order chi connectivity index (χ1) is 20.8. The van der Waals surface area contributed by atoms with Gasteiger partial charge in [0, 0.05) is 15.8 Å². The van der Waals surface area contributed by atoms with Gasteiger partial charge in [0.15, 0.2) is 0 Å². The zero-order valence-corrected chi connectivity index (χ0v) is 23.7. The summed E-state index contributed by atoms with van der Waals surface area (Å²) in [5, 5.41) is 8.22. The van der Waals surface area contributed by atoms with Crippen LogP contribution >= 0.6 is 11.3 Å². The molecular weight excluding hydrogens is 615 g/mol. The number of anilines is 2. The molecule has 0 saturated carbocycles. The second kappa shape index (κ2) is 12.1. The highest BCUT2D eigenvalue weighted by atomic mass is 32.1. The highest BCUT2D eigenvalue weighted by molar-refractivity contribution is 7.21. The number of ether oxygens (including phenoxy) is 1. The smallest absolute Gasteiger partial charge is 0.419 e. The normalized spacial score (nSPS) is 14.5. The SMILES string of the molecule is COc1ccc(C2CCNCC2)cc1C(=O)Nc1c(C(=O)Nc2ccc(F)c(C(F)(F)F)c2)sc2cc(C(F)(F)F)ccc12. The van der Waals surface area contributed by atoms with Gasteiger partial charge in [0.2, 0.25) is 0 Å². The number of carbonyl (C=O) groups excluding carboxylic acids is 2. The van der Waals surface area contributed by atoms with Crippen molar-refractivity contribution in [3.8, 4) is 5.75 Å². The molecule has 1 aliphatic heterocycles. The number of rotatable bonds is 6. The molecule has 3 N–H and O–H groups in total. The van der Waals surface area contributed by atoms with E-state index in [9.17, 15) is 40.3 Å². The monoisotopic (exact) mass is 639 g/mol. The average Bonchev–Trinajstić information content (AvgIpc) is 3.34. The average molecular weight is 640 g/mol. The lowest BCUT2D eigenvalue weighted by atomic mass is 9.89. The van der Waals surface area contributed by atoms with Crippen LogP contribution in [-0.4, -0.2) is 32.0 Å². The van der Waals surface area contributed by atoms with Crippen LogP contribution in [0.5, 0.6) is 5.75 Å². The van der Waals surface area contributed by atoms with Crippen molar-refractivity contribution in [3.63, 3.8) is 0 Å². The van der Waals surface area contributed by atoms with Gasteiger partial charge in [0.25, 0.3) is 11.8 Å². The Labute approximate surface area is 250 Å². The molecule has 0 bridgehead atoms. The molecule has 2 amide bonds. The first-order valence-corrected chi connectivity index (χ1v) is 14.1. The number of benzene rings is 3. The molecule has 1 aromatic heterocycles. The number of nitrogens with one attached hydrogen (secondary N) is 3. The predicted octanol–water partition coefficient (Wildman–Crippen LogP) is 8.06. The number of methoxy groups -OCH3 is 1. The largest absolute Gasteiger partial charge is 0.496 e. The summed E-state index contributed by atoms with van der Waals surface area (Å²) in [6.07, 6.45) is -8.06. The number of carbonyl (C=O) groups is 2. The van der Waals surface area contributed by atoms with Crippen LogP contribution in [0.15, 0.2) is 54.6 Å². The Hall–Kier alpha value is -4.17. The number of thiophene rings is 1. The molecule has 2 heterocycles. The molecule has 5 rings (SSSR count). The van der Waals surface area contributed by atoms with Crippen molar-refractivity contribution >= 4 is 44.6 Å². The van der Waals surface area contributed by atoms with Crippen molar-refractivity contribution in [1.29, 1.82) is 0 Å². The molecule has 0 unspecified atom stereocenters. The highest BCUT2D eigenvalue weighted by Gasteiger charge is 2.35. The molecule has 1 aliphatic rings. The third kappa shape index (κ3) is 6.50. The van der Waals surface area contributed by atoms with Crippen LogP contribution in [0.25, 0.3) is 10.1 Å². The highest BCUT2D eigenvalue weighted by Crippen LogP contribution is 2.41. The minimum Gasteiger partial charge on any atom is -0.496 e. The van der Waals surface area contributed by atoms with Crippen LogP contribution < -0.4 is 20.7 Å². The van der Waals surface area contributed by atoms with Crippen molar-refractivity contribution in [3.05, 3.63) is 87.5 Å². The maximum Gasteiger partial charge on any atom is 0.419 e. The van der Waals surface area contributed by atoms with E-state index in [1.807, 2.05) is 6.07 Å². The fourth-order valence-electron chi connectivity index (χ4n) is 5.06. The van der Waals surface area contributed by atoms with E-state index in [2.05, 4.69) is 16.0 Å². The predicted molar refractivity (Wildman–Crippen MR) is 152 cm³/mol. The summed E-state index contributed by atoms with van der Waals surface area (Å²) in [5.41, 5.74) is -2.16. The fraction of sp³-hybridized carbons (Fsp3) is 0.267. The van der Waals surface area contributed by atoms with E-state index in [-0.39, 0.29) is 37.9 Å². The Balaban J connectivity index is 1.55. The second-order valence-electron chi connectivity index (χ2n) is 10.1. The second-order valence-corrected chi connectivity index (χ2v) is 11.2. The summed E-state index contributed by atoms with van der Waals surface area (Å²) < 4.78 is 99.2. The molecule has 4 aromatic rings. The Morgan fingerprint density at radius 3 is 2.27 bits per heavy atom. The number of hydrogen-bond acceptors (Lipinski definition) is 5. The van der Waals surface area contributed by atoms with Gasteiger partial charge in [-0.15, -0.1) is 11.3 Å². The topological polar surface area (TPSA) is 79.5 Å². The molecule has 1 saturated heterocycles. The van der Waals surface area contributed by atoms with Gasteiger partial charge in [0.05, 0.1) is 29.5 Å². The van der Waals surface area contributed by atoms with Gasteiger partial charge >= 0.3 is 12.4 Å². The van der Waals surface area contributed by atoms with Gasteiger partial charge in [-0.25, -0.2) is 4.39 Å². The van der Waals surface area contributed by atoms with Crippen molar-refractivity contribution in [1.82, 2.24) is 5.32 Å².